The Labute approximate surface area is 119 Å². The summed E-state index contributed by atoms with van der Waals surface area (Å²) in [6, 6.07) is 5.87. The highest BCUT2D eigenvalue weighted by atomic mass is 35.5. The minimum absolute atomic E-state index is 0.117. The number of rotatable bonds is 5. The summed E-state index contributed by atoms with van der Waals surface area (Å²) in [6.45, 7) is 3.98. The lowest BCUT2D eigenvalue weighted by atomic mass is 10.2. The van der Waals surface area contributed by atoms with Gasteiger partial charge >= 0.3 is 0 Å². The van der Waals surface area contributed by atoms with Crippen molar-refractivity contribution in [2.45, 2.75) is 12.6 Å². The fraction of sp³-hybridized carbons (Fsp3) is 0.571. The van der Waals surface area contributed by atoms with Crippen LogP contribution in [0.15, 0.2) is 18.2 Å². The first kappa shape index (κ1) is 14.6. The highest BCUT2D eigenvalue weighted by Gasteiger charge is 2.18. The SMILES string of the molecule is CNCc1ccc(OCC2CN(C)CCO2)c(Cl)c1. The fourth-order valence-electron chi connectivity index (χ4n) is 2.13. The fourth-order valence-corrected chi connectivity index (χ4v) is 2.38. The molecule has 19 heavy (non-hydrogen) atoms. The molecule has 0 bridgehead atoms. The van der Waals surface area contributed by atoms with E-state index >= 15 is 0 Å². The molecule has 1 aliphatic rings. The van der Waals surface area contributed by atoms with E-state index in [-0.39, 0.29) is 6.10 Å². The number of nitrogens with one attached hydrogen (secondary N) is 1. The van der Waals surface area contributed by atoms with Gasteiger partial charge in [-0.25, -0.2) is 0 Å². The summed E-state index contributed by atoms with van der Waals surface area (Å²) in [5.74, 6) is 0.721. The summed E-state index contributed by atoms with van der Waals surface area (Å²) >= 11 is 6.21. The van der Waals surface area contributed by atoms with Crippen LogP contribution in [-0.4, -0.2) is 51.4 Å². The predicted octanol–water partition coefficient (Wildman–Crippen LogP) is 1.77. The van der Waals surface area contributed by atoms with Gasteiger partial charge in [-0.15, -0.1) is 0 Å². The second-order valence-corrected chi connectivity index (χ2v) is 5.27. The molecule has 5 heteroatoms. The Morgan fingerprint density at radius 1 is 1.53 bits per heavy atom. The van der Waals surface area contributed by atoms with Crippen LogP contribution in [0.25, 0.3) is 0 Å². The monoisotopic (exact) mass is 284 g/mol. The molecule has 0 saturated carbocycles. The minimum Gasteiger partial charge on any atom is -0.489 e. The minimum atomic E-state index is 0.117. The van der Waals surface area contributed by atoms with Crippen molar-refractivity contribution in [2.24, 2.45) is 0 Å². The number of likely N-dealkylation sites (N-methyl/N-ethyl adjacent to an activating group) is 1. The predicted molar refractivity (Wildman–Crippen MR) is 76.9 cm³/mol. The van der Waals surface area contributed by atoms with Gasteiger partial charge in [-0.2, -0.15) is 0 Å². The van der Waals surface area contributed by atoms with Gasteiger partial charge in [0.05, 0.1) is 11.6 Å². The lowest BCUT2D eigenvalue weighted by Crippen LogP contribution is -2.42. The van der Waals surface area contributed by atoms with E-state index in [2.05, 4.69) is 17.3 Å². The first-order valence-electron chi connectivity index (χ1n) is 6.55. The van der Waals surface area contributed by atoms with Crippen LogP contribution in [0.2, 0.25) is 5.02 Å². The van der Waals surface area contributed by atoms with Crippen LogP contribution in [-0.2, 0) is 11.3 Å². The van der Waals surface area contributed by atoms with E-state index in [0.29, 0.717) is 11.6 Å². The number of benzene rings is 1. The Hall–Kier alpha value is -0.810. The number of hydrogen-bond donors (Lipinski definition) is 1. The molecule has 0 spiro atoms. The Bertz CT molecular complexity index is 414. The number of nitrogens with zero attached hydrogens (tertiary/aromatic N) is 1. The second kappa shape index (κ2) is 7.10. The van der Waals surface area contributed by atoms with Crippen molar-refractivity contribution in [1.82, 2.24) is 10.2 Å². The van der Waals surface area contributed by atoms with Crippen molar-refractivity contribution in [3.63, 3.8) is 0 Å². The zero-order valence-electron chi connectivity index (χ0n) is 11.5. The third kappa shape index (κ3) is 4.35. The lowest BCUT2D eigenvalue weighted by molar-refractivity contribution is -0.0403. The highest BCUT2D eigenvalue weighted by molar-refractivity contribution is 6.32. The van der Waals surface area contributed by atoms with Crippen LogP contribution in [0.1, 0.15) is 5.56 Å². The van der Waals surface area contributed by atoms with Gasteiger partial charge < -0.3 is 19.7 Å². The average Bonchev–Trinajstić information content (AvgIpc) is 2.38. The van der Waals surface area contributed by atoms with Gasteiger partial charge in [-0.05, 0) is 31.8 Å². The highest BCUT2D eigenvalue weighted by Crippen LogP contribution is 2.25. The molecule has 1 unspecified atom stereocenters. The van der Waals surface area contributed by atoms with Gasteiger partial charge in [0.1, 0.15) is 18.5 Å². The summed E-state index contributed by atoms with van der Waals surface area (Å²) in [4.78, 5) is 2.25. The van der Waals surface area contributed by atoms with Crippen LogP contribution in [0, 0.1) is 0 Å². The topological polar surface area (TPSA) is 33.7 Å². The molecule has 0 amide bonds. The third-order valence-corrected chi connectivity index (χ3v) is 3.44. The smallest absolute Gasteiger partial charge is 0.138 e. The number of ether oxygens (including phenoxy) is 2. The van der Waals surface area contributed by atoms with Crippen LogP contribution in [0.3, 0.4) is 0 Å². The molecule has 1 aliphatic heterocycles. The van der Waals surface area contributed by atoms with Gasteiger partial charge in [0.2, 0.25) is 0 Å². The molecule has 0 aliphatic carbocycles. The van der Waals surface area contributed by atoms with E-state index in [1.165, 1.54) is 0 Å². The Morgan fingerprint density at radius 2 is 2.37 bits per heavy atom. The normalized spacial score (nSPS) is 20.5. The van der Waals surface area contributed by atoms with E-state index in [1.807, 2.05) is 25.2 Å². The quantitative estimate of drug-likeness (QED) is 0.894. The van der Waals surface area contributed by atoms with Crippen molar-refractivity contribution in [2.75, 3.05) is 40.4 Å². The largest absolute Gasteiger partial charge is 0.489 e. The zero-order chi connectivity index (χ0) is 13.7. The molecular weight excluding hydrogens is 264 g/mol. The van der Waals surface area contributed by atoms with Crippen molar-refractivity contribution in [3.8, 4) is 5.75 Å². The summed E-state index contributed by atoms with van der Waals surface area (Å²) in [6.07, 6.45) is 0.117. The first-order chi connectivity index (χ1) is 9.19. The number of morpholine rings is 1. The molecule has 106 valence electrons. The molecule has 1 heterocycles. The average molecular weight is 285 g/mol. The van der Waals surface area contributed by atoms with Crippen LogP contribution in [0.5, 0.6) is 5.75 Å². The zero-order valence-corrected chi connectivity index (χ0v) is 12.2. The van der Waals surface area contributed by atoms with E-state index < -0.39 is 0 Å². The van der Waals surface area contributed by atoms with Gasteiger partial charge in [0, 0.05) is 19.6 Å². The summed E-state index contributed by atoms with van der Waals surface area (Å²) in [5.41, 5.74) is 1.15. The van der Waals surface area contributed by atoms with Crippen molar-refractivity contribution < 1.29 is 9.47 Å². The van der Waals surface area contributed by atoms with Gasteiger partial charge in [-0.1, -0.05) is 17.7 Å². The molecular formula is C14H21ClN2O2. The Balaban J connectivity index is 1.88. The maximum absolute atomic E-state index is 6.21. The molecule has 1 saturated heterocycles. The first-order valence-corrected chi connectivity index (χ1v) is 6.93. The van der Waals surface area contributed by atoms with Crippen molar-refractivity contribution in [1.29, 1.82) is 0 Å². The summed E-state index contributed by atoms with van der Waals surface area (Å²) < 4.78 is 11.4. The molecule has 0 aromatic heterocycles. The molecule has 1 aromatic rings. The van der Waals surface area contributed by atoms with E-state index in [9.17, 15) is 0 Å². The van der Waals surface area contributed by atoms with Crippen LogP contribution in [0.4, 0.5) is 0 Å². The molecule has 1 atom stereocenters. The van der Waals surface area contributed by atoms with E-state index in [4.69, 9.17) is 21.1 Å². The van der Waals surface area contributed by atoms with Crippen molar-refractivity contribution in [3.05, 3.63) is 28.8 Å². The molecule has 4 nitrogen and oxygen atoms in total. The van der Waals surface area contributed by atoms with Crippen molar-refractivity contribution >= 4 is 11.6 Å². The lowest BCUT2D eigenvalue weighted by Gasteiger charge is -2.29. The molecule has 1 N–H and O–H groups in total. The molecule has 0 radical (unpaired) electrons. The van der Waals surface area contributed by atoms with E-state index in [1.54, 1.807) is 0 Å². The maximum atomic E-state index is 6.21. The molecule has 2 rings (SSSR count). The van der Waals surface area contributed by atoms with Gasteiger partial charge in [0.25, 0.3) is 0 Å². The van der Waals surface area contributed by atoms with Crippen LogP contribution < -0.4 is 10.1 Å². The Kier molecular flexibility index (Phi) is 5.45. The second-order valence-electron chi connectivity index (χ2n) is 4.86. The molecule has 1 fully saturated rings. The summed E-state index contributed by atoms with van der Waals surface area (Å²) in [5, 5.41) is 3.74. The van der Waals surface area contributed by atoms with Gasteiger partial charge in [-0.3, -0.25) is 0 Å². The standard InChI is InChI=1S/C14H21ClN2O2/c1-16-8-11-3-4-14(13(15)7-11)19-10-12-9-17(2)5-6-18-12/h3-4,7,12,16H,5-6,8-10H2,1-2H3. The van der Waals surface area contributed by atoms with Crippen LogP contribution >= 0.6 is 11.6 Å². The number of hydrogen-bond acceptors (Lipinski definition) is 4. The van der Waals surface area contributed by atoms with Gasteiger partial charge in [0.15, 0.2) is 0 Å². The Morgan fingerprint density at radius 3 is 3.05 bits per heavy atom. The molecule has 1 aromatic carbocycles. The number of halogens is 1. The third-order valence-electron chi connectivity index (χ3n) is 3.14. The maximum Gasteiger partial charge on any atom is 0.138 e. The summed E-state index contributed by atoms with van der Waals surface area (Å²) in [7, 11) is 4.00. The van der Waals surface area contributed by atoms with E-state index in [0.717, 1.165) is 37.6 Å².